The number of hydrogen-bond donors (Lipinski definition) is 0. The van der Waals surface area contributed by atoms with Crippen LogP contribution in [-0.2, 0) is 14.9 Å². The first-order chi connectivity index (χ1) is 11.8. The van der Waals surface area contributed by atoms with Gasteiger partial charge in [0.1, 0.15) is 5.82 Å². The summed E-state index contributed by atoms with van der Waals surface area (Å²) < 4.78 is 46.2. The maximum atomic E-state index is 13.1. The second-order valence-corrected chi connectivity index (χ2v) is 7.82. The summed E-state index contributed by atoms with van der Waals surface area (Å²) in [6.07, 6.45) is -0.424. The van der Waals surface area contributed by atoms with E-state index in [2.05, 4.69) is 0 Å². The number of hydrogen-bond acceptors (Lipinski definition) is 4. The number of rotatable bonds is 5. The smallest absolute Gasteiger partial charge is 0.409 e. The minimum Gasteiger partial charge on any atom is -0.450 e. The third-order valence-corrected chi connectivity index (χ3v) is 6.41. The lowest BCUT2D eigenvalue weighted by molar-refractivity contribution is 0.0923. The molecule has 1 fully saturated rings. The van der Waals surface area contributed by atoms with Gasteiger partial charge in [0.15, 0.2) is 0 Å². The fourth-order valence-corrected chi connectivity index (χ4v) is 4.16. The molecule has 0 saturated carbocycles. The molecule has 0 aliphatic carbocycles. The molecule has 0 bridgehead atoms. The fourth-order valence-electron chi connectivity index (χ4n) is 2.65. The van der Waals surface area contributed by atoms with Crippen molar-refractivity contribution in [2.24, 2.45) is 0 Å². The summed E-state index contributed by atoms with van der Waals surface area (Å²) in [5.74, 6) is -0.364. The minimum atomic E-state index is -3.69. The van der Waals surface area contributed by atoms with Crippen LogP contribution in [0.1, 0.15) is 25.5 Å². The van der Waals surface area contributed by atoms with Gasteiger partial charge in [-0.1, -0.05) is 12.1 Å². The standard InChI is InChI=1S/C16H24FN3O4S/c1-4-24-16(21)19-9-11-20(12-10-19)25(22,23)18(3)13(2)14-5-7-15(17)8-6-14/h5-8,13H,4,9-12H2,1-3H3. The van der Waals surface area contributed by atoms with Crippen LogP contribution in [0.25, 0.3) is 0 Å². The average molecular weight is 373 g/mol. The Balaban J connectivity index is 2.03. The van der Waals surface area contributed by atoms with Crippen molar-refractivity contribution in [2.45, 2.75) is 19.9 Å². The van der Waals surface area contributed by atoms with E-state index < -0.39 is 22.3 Å². The Morgan fingerprint density at radius 2 is 1.80 bits per heavy atom. The summed E-state index contributed by atoms with van der Waals surface area (Å²) in [5.41, 5.74) is 0.706. The largest absolute Gasteiger partial charge is 0.450 e. The molecule has 1 aliphatic rings. The Morgan fingerprint density at radius 3 is 2.32 bits per heavy atom. The van der Waals surface area contributed by atoms with E-state index in [9.17, 15) is 17.6 Å². The molecule has 25 heavy (non-hydrogen) atoms. The van der Waals surface area contributed by atoms with Crippen LogP contribution in [0.2, 0.25) is 0 Å². The summed E-state index contributed by atoms with van der Waals surface area (Å²) in [6, 6.07) is 5.33. The van der Waals surface area contributed by atoms with Crippen LogP contribution in [0.15, 0.2) is 24.3 Å². The highest BCUT2D eigenvalue weighted by molar-refractivity contribution is 7.86. The Morgan fingerprint density at radius 1 is 1.24 bits per heavy atom. The zero-order valence-electron chi connectivity index (χ0n) is 14.7. The van der Waals surface area contributed by atoms with Gasteiger partial charge in [-0.25, -0.2) is 9.18 Å². The van der Waals surface area contributed by atoms with Crippen molar-refractivity contribution in [3.8, 4) is 0 Å². The van der Waals surface area contributed by atoms with Crippen LogP contribution in [-0.4, -0.2) is 67.9 Å². The van der Waals surface area contributed by atoms with E-state index in [1.165, 1.54) is 32.7 Å². The summed E-state index contributed by atoms with van der Waals surface area (Å²) in [7, 11) is -2.19. The van der Waals surface area contributed by atoms with Crippen molar-refractivity contribution in [3.63, 3.8) is 0 Å². The number of amides is 1. The van der Waals surface area contributed by atoms with Crippen molar-refractivity contribution >= 4 is 16.3 Å². The highest BCUT2D eigenvalue weighted by Crippen LogP contribution is 2.24. The molecule has 1 amide bonds. The van der Waals surface area contributed by atoms with Gasteiger partial charge in [0.05, 0.1) is 6.61 Å². The second-order valence-electron chi connectivity index (χ2n) is 5.84. The number of carbonyl (C=O) groups is 1. The van der Waals surface area contributed by atoms with E-state index in [4.69, 9.17) is 4.74 Å². The lowest BCUT2D eigenvalue weighted by atomic mass is 10.1. The first kappa shape index (κ1) is 19.6. The average Bonchev–Trinajstić information content (AvgIpc) is 2.61. The highest BCUT2D eigenvalue weighted by Gasteiger charge is 2.34. The quantitative estimate of drug-likeness (QED) is 0.790. The molecular formula is C16H24FN3O4S. The fraction of sp³-hybridized carbons (Fsp3) is 0.562. The number of halogens is 1. The van der Waals surface area contributed by atoms with E-state index >= 15 is 0 Å². The monoisotopic (exact) mass is 373 g/mol. The van der Waals surface area contributed by atoms with Gasteiger partial charge in [-0.2, -0.15) is 17.0 Å². The van der Waals surface area contributed by atoms with Crippen molar-refractivity contribution in [1.82, 2.24) is 13.5 Å². The zero-order chi connectivity index (χ0) is 18.6. The molecule has 1 saturated heterocycles. The van der Waals surface area contributed by atoms with Crippen LogP contribution in [0.4, 0.5) is 9.18 Å². The van der Waals surface area contributed by atoms with Crippen LogP contribution in [0, 0.1) is 5.82 Å². The normalized spacial score (nSPS) is 17.6. The van der Waals surface area contributed by atoms with Crippen molar-refractivity contribution in [2.75, 3.05) is 39.8 Å². The first-order valence-corrected chi connectivity index (χ1v) is 9.57. The molecule has 1 atom stereocenters. The third kappa shape index (κ3) is 4.47. The van der Waals surface area contributed by atoms with E-state index in [-0.39, 0.29) is 38.6 Å². The zero-order valence-corrected chi connectivity index (χ0v) is 15.5. The molecule has 0 aromatic heterocycles. The number of benzene rings is 1. The van der Waals surface area contributed by atoms with Crippen LogP contribution in [0.3, 0.4) is 0 Å². The molecule has 1 aromatic rings. The lowest BCUT2D eigenvalue weighted by Crippen LogP contribution is -2.53. The van der Waals surface area contributed by atoms with Gasteiger partial charge in [-0.3, -0.25) is 0 Å². The Bertz CT molecular complexity index is 688. The SMILES string of the molecule is CCOC(=O)N1CCN(S(=O)(=O)N(C)C(C)c2ccc(F)cc2)CC1. The number of nitrogens with zero attached hydrogens (tertiary/aromatic N) is 3. The topological polar surface area (TPSA) is 70.2 Å². The van der Waals surface area contributed by atoms with Gasteiger partial charge in [-0.05, 0) is 31.5 Å². The van der Waals surface area contributed by atoms with Crippen LogP contribution in [0.5, 0.6) is 0 Å². The molecule has 1 aromatic carbocycles. The Kier molecular flexibility index (Phi) is 6.36. The molecule has 0 spiro atoms. The van der Waals surface area contributed by atoms with Gasteiger partial charge >= 0.3 is 6.09 Å². The maximum absolute atomic E-state index is 13.1. The van der Waals surface area contributed by atoms with E-state index in [1.807, 2.05) is 0 Å². The molecule has 1 aliphatic heterocycles. The maximum Gasteiger partial charge on any atom is 0.409 e. The van der Waals surface area contributed by atoms with Gasteiger partial charge < -0.3 is 9.64 Å². The molecule has 0 N–H and O–H groups in total. The van der Waals surface area contributed by atoms with Crippen molar-refractivity contribution in [3.05, 3.63) is 35.6 Å². The summed E-state index contributed by atoms with van der Waals surface area (Å²) in [6.45, 7) is 4.76. The highest BCUT2D eigenvalue weighted by atomic mass is 32.2. The molecule has 1 heterocycles. The second kappa shape index (κ2) is 8.11. The molecule has 7 nitrogen and oxygen atoms in total. The van der Waals surface area contributed by atoms with E-state index in [0.717, 1.165) is 0 Å². The lowest BCUT2D eigenvalue weighted by Gasteiger charge is -2.36. The Hall–Kier alpha value is -1.71. The Labute approximate surface area is 148 Å². The summed E-state index contributed by atoms with van der Waals surface area (Å²) >= 11 is 0. The van der Waals surface area contributed by atoms with Crippen LogP contribution < -0.4 is 0 Å². The predicted octanol–water partition coefficient (Wildman–Crippen LogP) is 1.84. The summed E-state index contributed by atoms with van der Waals surface area (Å²) in [4.78, 5) is 13.2. The minimum absolute atomic E-state index is 0.210. The number of ether oxygens (including phenoxy) is 1. The van der Waals surface area contributed by atoms with E-state index in [1.54, 1.807) is 26.0 Å². The molecule has 0 radical (unpaired) electrons. The van der Waals surface area contributed by atoms with Gasteiger partial charge in [0.25, 0.3) is 10.2 Å². The summed E-state index contributed by atoms with van der Waals surface area (Å²) in [5, 5.41) is 0. The number of piperazine rings is 1. The molecule has 9 heteroatoms. The van der Waals surface area contributed by atoms with E-state index in [0.29, 0.717) is 5.56 Å². The molecule has 140 valence electrons. The van der Waals surface area contributed by atoms with Gasteiger partial charge in [-0.15, -0.1) is 0 Å². The van der Waals surface area contributed by atoms with Crippen molar-refractivity contribution < 1.29 is 22.3 Å². The van der Waals surface area contributed by atoms with Gasteiger partial charge in [0, 0.05) is 39.3 Å². The molecule has 2 rings (SSSR count). The molecule has 1 unspecified atom stereocenters. The van der Waals surface area contributed by atoms with Crippen molar-refractivity contribution in [1.29, 1.82) is 0 Å². The third-order valence-electron chi connectivity index (χ3n) is 4.35. The number of carbonyl (C=O) groups excluding carboxylic acids is 1. The predicted molar refractivity (Wildman–Crippen MR) is 91.7 cm³/mol. The van der Waals surface area contributed by atoms with Crippen LogP contribution >= 0.6 is 0 Å². The first-order valence-electron chi connectivity index (χ1n) is 8.17. The van der Waals surface area contributed by atoms with Gasteiger partial charge in [0.2, 0.25) is 0 Å². The molecular weight excluding hydrogens is 349 g/mol.